The third-order valence-electron chi connectivity index (χ3n) is 5.09. The van der Waals surface area contributed by atoms with Crippen LogP contribution in [0.25, 0.3) is 5.69 Å². The number of tetrazole rings is 1. The summed E-state index contributed by atoms with van der Waals surface area (Å²) < 4.78 is 1.67. The summed E-state index contributed by atoms with van der Waals surface area (Å²) >= 11 is 1.37. The largest absolute Gasteiger partial charge is 0.333 e. The van der Waals surface area contributed by atoms with E-state index in [9.17, 15) is 4.79 Å². The standard InChI is InChI=1S/C25H25N5OS/c1-19-13-15-23(16-14-19)30-25(26-27-28-30)32-20(2)24(31)29(17-21-9-5-3-6-10-21)18-22-11-7-4-8-12-22/h3-16,20H,17-18H2,1-2H3/t20-/m0/s1. The molecule has 0 bridgehead atoms. The minimum absolute atomic E-state index is 0.0427. The van der Waals surface area contributed by atoms with Crippen LogP contribution in [-0.4, -0.2) is 36.3 Å². The van der Waals surface area contributed by atoms with Crippen LogP contribution in [-0.2, 0) is 17.9 Å². The lowest BCUT2D eigenvalue weighted by Crippen LogP contribution is -2.35. The second kappa shape index (κ2) is 10.2. The highest BCUT2D eigenvalue weighted by atomic mass is 32.2. The monoisotopic (exact) mass is 443 g/mol. The molecule has 4 rings (SSSR count). The predicted octanol–water partition coefficient (Wildman–Crippen LogP) is 4.68. The molecule has 1 heterocycles. The zero-order valence-electron chi connectivity index (χ0n) is 18.1. The van der Waals surface area contributed by atoms with Crippen LogP contribution in [0.5, 0.6) is 0 Å². The Morgan fingerprint density at radius 2 is 1.47 bits per heavy atom. The van der Waals surface area contributed by atoms with Crippen LogP contribution in [0, 0.1) is 6.92 Å². The average Bonchev–Trinajstić information content (AvgIpc) is 3.28. The summed E-state index contributed by atoms with van der Waals surface area (Å²) in [5.74, 6) is 0.0427. The fraction of sp³-hybridized carbons (Fsp3) is 0.200. The number of amides is 1. The van der Waals surface area contributed by atoms with Crippen LogP contribution in [0.15, 0.2) is 90.1 Å². The molecule has 162 valence electrons. The van der Waals surface area contributed by atoms with E-state index in [4.69, 9.17) is 0 Å². The van der Waals surface area contributed by atoms with Gasteiger partial charge < -0.3 is 4.90 Å². The van der Waals surface area contributed by atoms with Gasteiger partial charge in [0.1, 0.15) is 0 Å². The van der Waals surface area contributed by atoms with E-state index in [2.05, 4.69) is 15.5 Å². The van der Waals surface area contributed by atoms with Gasteiger partial charge in [0, 0.05) is 13.1 Å². The summed E-state index contributed by atoms with van der Waals surface area (Å²) in [4.78, 5) is 15.4. The first-order valence-corrected chi connectivity index (χ1v) is 11.4. The molecule has 0 fully saturated rings. The molecule has 7 heteroatoms. The number of carbonyl (C=O) groups excluding carboxylic acids is 1. The zero-order valence-corrected chi connectivity index (χ0v) is 18.9. The van der Waals surface area contributed by atoms with Crippen molar-refractivity contribution < 1.29 is 4.79 Å². The molecule has 0 unspecified atom stereocenters. The van der Waals surface area contributed by atoms with E-state index < -0.39 is 0 Å². The summed E-state index contributed by atoms with van der Waals surface area (Å²) in [5, 5.41) is 12.4. The first-order valence-electron chi connectivity index (χ1n) is 10.5. The number of aromatic nitrogens is 4. The maximum absolute atomic E-state index is 13.5. The Morgan fingerprint density at radius 3 is 2.03 bits per heavy atom. The molecule has 0 spiro atoms. The van der Waals surface area contributed by atoms with Crippen LogP contribution in [0.1, 0.15) is 23.6 Å². The first kappa shape index (κ1) is 21.8. The Balaban J connectivity index is 1.53. The molecule has 1 amide bonds. The molecule has 0 aliphatic carbocycles. The second-order valence-electron chi connectivity index (χ2n) is 7.63. The van der Waals surface area contributed by atoms with E-state index in [-0.39, 0.29) is 11.2 Å². The summed E-state index contributed by atoms with van der Waals surface area (Å²) in [7, 11) is 0. The highest BCUT2D eigenvalue weighted by Gasteiger charge is 2.24. The van der Waals surface area contributed by atoms with Crippen LogP contribution < -0.4 is 0 Å². The smallest absolute Gasteiger partial charge is 0.236 e. The second-order valence-corrected chi connectivity index (χ2v) is 8.94. The van der Waals surface area contributed by atoms with Crippen molar-refractivity contribution >= 4 is 17.7 Å². The van der Waals surface area contributed by atoms with Gasteiger partial charge in [-0.25, -0.2) is 0 Å². The van der Waals surface area contributed by atoms with Gasteiger partial charge in [-0.3, -0.25) is 4.79 Å². The molecule has 32 heavy (non-hydrogen) atoms. The van der Waals surface area contributed by atoms with Gasteiger partial charge in [0.05, 0.1) is 10.9 Å². The number of aryl methyl sites for hydroxylation is 1. The maximum Gasteiger partial charge on any atom is 0.236 e. The molecule has 0 aliphatic heterocycles. The molecule has 0 radical (unpaired) electrons. The normalized spacial score (nSPS) is 11.8. The molecule has 0 saturated carbocycles. The summed E-state index contributed by atoms with van der Waals surface area (Å²) in [6, 6.07) is 28.1. The van der Waals surface area contributed by atoms with E-state index >= 15 is 0 Å². The Hall–Kier alpha value is -3.45. The topological polar surface area (TPSA) is 63.9 Å². The van der Waals surface area contributed by atoms with Gasteiger partial charge in [0.2, 0.25) is 11.1 Å². The lowest BCUT2D eigenvalue weighted by Gasteiger charge is -2.26. The van der Waals surface area contributed by atoms with Crippen LogP contribution in [0.3, 0.4) is 0 Å². The quantitative estimate of drug-likeness (QED) is 0.370. The Bertz CT molecular complexity index is 1100. The molecule has 3 aromatic carbocycles. The van der Waals surface area contributed by atoms with Crippen molar-refractivity contribution in [1.29, 1.82) is 0 Å². The predicted molar refractivity (Wildman–Crippen MR) is 126 cm³/mol. The molecule has 0 N–H and O–H groups in total. The number of hydrogen-bond acceptors (Lipinski definition) is 5. The van der Waals surface area contributed by atoms with Crippen molar-refractivity contribution in [3.05, 3.63) is 102 Å². The Morgan fingerprint density at radius 1 is 0.906 bits per heavy atom. The zero-order chi connectivity index (χ0) is 22.3. The van der Waals surface area contributed by atoms with Crippen molar-refractivity contribution in [3.8, 4) is 5.69 Å². The van der Waals surface area contributed by atoms with Crippen LogP contribution in [0.2, 0.25) is 0 Å². The minimum Gasteiger partial charge on any atom is -0.333 e. The minimum atomic E-state index is -0.349. The molecule has 0 saturated heterocycles. The summed E-state index contributed by atoms with van der Waals surface area (Å²) in [6.07, 6.45) is 0. The molecular formula is C25H25N5OS. The van der Waals surface area contributed by atoms with Gasteiger partial charge in [-0.15, -0.1) is 5.10 Å². The average molecular weight is 444 g/mol. The van der Waals surface area contributed by atoms with Crippen molar-refractivity contribution in [2.45, 2.75) is 37.3 Å². The fourth-order valence-electron chi connectivity index (χ4n) is 3.39. The van der Waals surface area contributed by atoms with E-state index in [1.807, 2.05) is 104 Å². The first-order chi connectivity index (χ1) is 15.6. The van der Waals surface area contributed by atoms with Gasteiger partial charge in [0.25, 0.3) is 0 Å². The Kier molecular flexibility index (Phi) is 6.97. The molecule has 0 aliphatic rings. The van der Waals surface area contributed by atoms with E-state index in [0.29, 0.717) is 18.2 Å². The van der Waals surface area contributed by atoms with Crippen molar-refractivity contribution in [3.63, 3.8) is 0 Å². The maximum atomic E-state index is 13.5. The number of carbonyl (C=O) groups is 1. The lowest BCUT2D eigenvalue weighted by molar-refractivity contribution is -0.131. The third kappa shape index (κ3) is 5.42. The highest BCUT2D eigenvalue weighted by molar-refractivity contribution is 8.00. The van der Waals surface area contributed by atoms with Crippen LogP contribution >= 0.6 is 11.8 Å². The molecule has 6 nitrogen and oxygen atoms in total. The van der Waals surface area contributed by atoms with E-state index in [1.165, 1.54) is 11.8 Å². The molecule has 4 aromatic rings. The number of hydrogen-bond donors (Lipinski definition) is 0. The van der Waals surface area contributed by atoms with Crippen LogP contribution in [0.4, 0.5) is 0 Å². The SMILES string of the molecule is Cc1ccc(-n2nnnc2S[C@@H](C)C(=O)N(Cc2ccccc2)Cc2ccccc2)cc1. The number of thioether (sulfide) groups is 1. The van der Waals surface area contributed by atoms with Gasteiger partial charge in [0.15, 0.2) is 0 Å². The highest BCUT2D eigenvalue weighted by Crippen LogP contribution is 2.25. The van der Waals surface area contributed by atoms with Gasteiger partial charge in [-0.05, 0) is 47.5 Å². The molecule has 1 atom stereocenters. The van der Waals surface area contributed by atoms with Gasteiger partial charge in [-0.2, -0.15) is 4.68 Å². The summed E-state index contributed by atoms with van der Waals surface area (Å²) in [5.41, 5.74) is 4.22. The van der Waals surface area contributed by atoms with Gasteiger partial charge in [-0.1, -0.05) is 90.1 Å². The van der Waals surface area contributed by atoms with Crippen molar-refractivity contribution in [1.82, 2.24) is 25.1 Å². The Labute approximate surface area is 192 Å². The van der Waals surface area contributed by atoms with Gasteiger partial charge >= 0.3 is 0 Å². The lowest BCUT2D eigenvalue weighted by atomic mass is 10.1. The fourth-order valence-corrected chi connectivity index (χ4v) is 4.28. The molecule has 1 aromatic heterocycles. The van der Waals surface area contributed by atoms with Crippen molar-refractivity contribution in [2.24, 2.45) is 0 Å². The number of nitrogens with zero attached hydrogens (tertiary/aromatic N) is 5. The number of benzene rings is 3. The van der Waals surface area contributed by atoms with Crippen molar-refractivity contribution in [2.75, 3.05) is 0 Å². The van der Waals surface area contributed by atoms with E-state index in [1.54, 1.807) is 4.68 Å². The third-order valence-corrected chi connectivity index (χ3v) is 6.11. The molecular weight excluding hydrogens is 418 g/mol. The van der Waals surface area contributed by atoms with E-state index in [0.717, 1.165) is 22.4 Å². The number of rotatable bonds is 8. The summed E-state index contributed by atoms with van der Waals surface area (Å²) in [6.45, 7) is 5.03.